The van der Waals surface area contributed by atoms with Gasteiger partial charge in [0.05, 0.1) is 7.11 Å². The number of fused-ring (bicyclic) bond motifs is 1. The first-order chi connectivity index (χ1) is 13.9. The molecule has 0 bridgehead atoms. The van der Waals surface area contributed by atoms with E-state index in [4.69, 9.17) is 9.47 Å². The summed E-state index contributed by atoms with van der Waals surface area (Å²) in [5.74, 6) is 0.630. The lowest BCUT2D eigenvalue weighted by atomic mass is 9.76. The number of aliphatic hydroxyl groups is 1. The Bertz CT molecular complexity index is 992. The monoisotopic (exact) mass is 388 g/mol. The molecule has 1 N–H and O–H groups in total. The molecule has 0 saturated carbocycles. The molecule has 0 aliphatic carbocycles. The van der Waals surface area contributed by atoms with Crippen LogP contribution in [0.5, 0.6) is 11.5 Å². The van der Waals surface area contributed by atoms with Crippen LogP contribution in [0.4, 0.5) is 0 Å². The van der Waals surface area contributed by atoms with E-state index in [-0.39, 0.29) is 5.92 Å². The Morgan fingerprint density at radius 1 is 1.00 bits per heavy atom. The molecule has 4 rings (SSSR count). The summed E-state index contributed by atoms with van der Waals surface area (Å²) >= 11 is 0. The molecule has 0 unspecified atom stereocenters. The van der Waals surface area contributed by atoms with Gasteiger partial charge in [0.25, 0.3) is 0 Å². The van der Waals surface area contributed by atoms with Crippen LogP contribution in [0, 0.1) is 6.92 Å². The van der Waals surface area contributed by atoms with E-state index in [0.29, 0.717) is 12.3 Å². The molecule has 0 spiro atoms. The van der Waals surface area contributed by atoms with Gasteiger partial charge in [-0.05, 0) is 41.7 Å². The third-order valence-electron chi connectivity index (χ3n) is 5.89. The lowest BCUT2D eigenvalue weighted by Crippen LogP contribution is -2.39. The number of aryl methyl sites for hydroxylation is 1. The van der Waals surface area contributed by atoms with E-state index in [1.54, 1.807) is 7.11 Å². The second-order valence-electron chi connectivity index (χ2n) is 8.15. The van der Waals surface area contributed by atoms with Crippen molar-refractivity contribution in [1.29, 1.82) is 0 Å². The molecular weight excluding hydrogens is 360 g/mol. The number of hydrogen-bond acceptors (Lipinski definition) is 3. The van der Waals surface area contributed by atoms with Crippen LogP contribution in [0.2, 0.25) is 0 Å². The quantitative estimate of drug-likeness (QED) is 0.606. The van der Waals surface area contributed by atoms with Crippen LogP contribution < -0.4 is 9.47 Å². The normalized spacial score (nSPS) is 20.8. The molecule has 1 aliphatic rings. The SMILES string of the molecule is COc1ccc([C@H]2C[C@@](O)(c3ccccc3)Oc3c(C)ccc(C(C)C)c32)cc1. The Labute approximate surface area is 172 Å². The fourth-order valence-electron chi connectivity index (χ4n) is 4.31. The van der Waals surface area contributed by atoms with E-state index in [2.05, 4.69) is 38.1 Å². The standard InChI is InChI=1S/C26H28O3/c1-17(2)22-15-10-18(3)25-24(22)23(19-11-13-21(28-4)14-12-19)16-26(27,29-25)20-8-6-5-7-9-20/h5-15,17,23,27H,16H2,1-4H3/t23-,26+/m1/s1. The third kappa shape index (κ3) is 3.51. The molecule has 0 amide bonds. The van der Waals surface area contributed by atoms with Crippen molar-refractivity contribution in [2.75, 3.05) is 7.11 Å². The highest BCUT2D eigenvalue weighted by Crippen LogP contribution is 2.51. The van der Waals surface area contributed by atoms with Gasteiger partial charge in [-0.3, -0.25) is 0 Å². The molecule has 3 heteroatoms. The number of benzene rings is 3. The van der Waals surface area contributed by atoms with Crippen LogP contribution in [-0.2, 0) is 5.79 Å². The Balaban J connectivity index is 1.91. The minimum Gasteiger partial charge on any atom is -0.497 e. The summed E-state index contributed by atoms with van der Waals surface area (Å²) in [6, 6.07) is 22.1. The highest BCUT2D eigenvalue weighted by atomic mass is 16.6. The molecule has 0 fully saturated rings. The van der Waals surface area contributed by atoms with Gasteiger partial charge in [-0.25, -0.2) is 0 Å². The van der Waals surface area contributed by atoms with Crippen molar-refractivity contribution in [1.82, 2.24) is 0 Å². The van der Waals surface area contributed by atoms with Gasteiger partial charge in [-0.1, -0.05) is 68.4 Å². The Kier molecular flexibility index (Phi) is 5.10. The summed E-state index contributed by atoms with van der Waals surface area (Å²) < 4.78 is 11.7. The van der Waals surface area contributed by atoms with Crippen molar-refractivity contribution in [3.05, 3.63) is 94.5 Å². The van der Waals surface area contributed by atoms with Crippen LogP contribution in [-0.4, -0.2) is 12.2 Å². The van der Waals surface area contributed by atoms with Crippen molar-refractivity contribution in [3.63, 3.8) is 0 Å². The van der Waals surface area contributed by atoms with Gasteiger partial charge < -0.3 is 14.6 Å². The maximum atomic E-state index is 11.6. The fraction of sp³-hybridized carbons (Fsp3) is 0.308. The largest absolute Gasteiger partial charge is 0.497 e. The molecular formula is C26H28O3. The maximum Gasteiger partial charge on any atom is 0.235 e. The molecule has 29 heavy (non-hydrogen) atoms. The predicted molar refractivity (Wildman–Crippen MR) is 116 cm³/mol. The molecule has 0 aromatic heterocycles. The summed E-state index contributed by atoms with van der Waals surface area (Å²) in [7, 11) is 1.67. The topological polar surface area (TPSA) is 38.7 Å². The third-order valence-corrected chi connectivity index (χ3v) is 5.89. The van der Waals surface area contributed by atoms with Gasteiger partial charge in [0.15, 0.2) is 0 Å². The average Bonchev–Trinajstić information content (AvgIpc) is 2.74. The Morgan fingerprint density at radius 3 is 2.31 bits per heavy atom. The number of methoxy groups -OCH3 is 1. The predicted octanol–water partition coefficient (Wildman–Crippen LogP) is 5.89. The Hall–Kier alpha value is -2.78. The molecule has 3 nitrogen and oxygen atoms in total. The molecule has 0 radical (unpaired) electrons. The number of hydrogen-bond donors (Lipinski definition) is 1. The van der Waals surface area contributed by atoms with Gasteiger partial charge >= 0.3 is 0 Å². The summed E-state index contributed by atoms with van der Waals surface area (Å²) in [5, 5.41) is 11.6. The van der Waals surface area contributed by atoms with Gasteiger partial charge in [0.1, 0.15) is 11.5 Å². The van der Waals surface area contributed by atoms with Crippen molar-refractivity contribution >= 4 is 0 Å². The smallest absolute Gasteiger partial charge is 0.235 e. The summed E-state index contributed by atoms with van der Waals surface area (Å²) in [4.78, 5) is 0. The van der Waals surface area contributed by atoms with E-state index in [9.17, 15) is 5.11 Å². The summed E-state index contributed by atoms with van der Waals surface area (Å²) in [6.45, 7) is 6.45. The summed E-state index contributed by atoms with van der Waals surface area (Å²) in [6.07, 6.45) is 0.458. The minimum absolute atomic E-state index is 0.0205. The molecule has 0 saturated heterocycles. The number of ether oxygens (including phenoxy) is 2. The maximum absolute atomic E-state index is 11.6. The van der Waals surface area contributed by atoms with Crippen molar-refractivity contribution in [3.8, 4) is 11.5 Å². The van der Waals surface area contributed by atoms with E-state index in [1.807, 2.05) is 49.4 Å². The van der Waals surface area contributed by atoms with Crippen molar-refractivity contribution in [2.24, 2.45) is 0 Å². The average molecular weight is 389 g/mol. The lowest BCUT2D eigenvalue weighted by Gasteiger charge is -2.41. The highest BCUT2D eigenvalue weighted by molar-refractivity contribution is 5.55. The zero-order valence-electron chi connectivity index (χ0n) is 17.5. The second kappa shape index (κ2) is 7.57. The zero-order valence-corrected chi connectivity index (χ0v) is 17.5. The zero-order chi connectivity index (χ0) is 20.6. The van der Waals surface area contributed by atoms with Crippen LogP contribution in [0.3, 0.4) is 0 Å². The van der Waals surface area contributed by atoms with E-state index in [0.717, 1.165) is 28.2 Å². The van der Waals surface area contributed by atoms with Crippen LogP contribution in [0.25, 0.3) is 0 Å². The molecule has 2 atom stereocenters. The van der Waals surface area contributed by atoms with Gasteiger partial charge in [-0.2, -0.15) is 0 Å². The first-order valence-electron chi connectivity index (χ1n) is 10.2. The second-order valence-corrected chi connectivity index (χ2v) is 8.15. The van der Waals surface area contributed by atoms with E-state index < -0.39 is 5.79 Å². The highest BCUT2D eigenvalue weighted by Gasteiger charge is 2.43. The van der Waals surface area contributed by atoms with Crippen LogP contribution in [0.15, 0.2) is 66.7 Å². The van der Waals surface area contributed by atoms with E-state index in [1.165, 1.54) is 11.1 Å². The minimum atomic E-state index is -1.38. The first-order valence-corrected chi connectivity index (χ1v) is 10.2. The van der Waals surface area contributed by atoms with Crippen molar-refractivity contribution in [2.45, 2.75) is 44.8 Å². The lowest BCUT2D eigenvalue weighted by molar-refractivity contribution is -0.162. The molecule has 1 aliphatic heterocycles. The first kappa shape index (κ1) is 19.5. The fourth-order valence-corrected chi connectivity index (χ4v) is 4.31. The molecule has 3 aromatic carbocycles. The molecule has 1 heterocycles. The number of rotatable bonds is 4. The van der Waals surface area contributed by atoms with Gasteiger partial charge in [0.2, 0.25) is 5.79 Å². The van der Waals surface area contributed by atoms with Gasteiger partial charge in [-0.15, -0.1) is 0 Å². The van der Waals surface area contributed by atoms with E-state index >= 15 is 0 Å². The molecule has 3 aromatic rings. The van der Waals surface area contributed by atoms with Crippen LogP contribution >= 0.6 is 0 Å². The molecule has 150 valence electrons. The van der Waals surface area contributed by atoms with Gasteiger partial charge in [0, 0.05) is 23.5 Å². The van der Waals surface area contributed by atoms with Crippen LogP contribution in [0.1, 0.15) is 59.9 Å². The Morgan fingerprint density at radius 2 is 1.69 bits per heavy atom. The summed E-state index contributed by atoms with van der Waals surface area (Å²) in [5.41, 5.74) is 5.42. The van der Waals surface area contributed by atoms with Crippen molar-refractivity contribution < 1.29 is 14.6 Å².